The first-order valence-corrected chi connectivity index (χ1v) is 11.0. The molecule has 6 nitrogen and oxygen atoms in total. The quantitative estimate of drug-likeness (QED) is 0.817. The highest BCUT2D eigenvalue weighted by Gasteiger charge is 2.36. The fraction of sp³-hybridized carbons (Fsp3) is 0.409. The van der Waals surface area contributed by atoms with E-state index in [0.29, 0.717) is 19.6 Å². The third-order valence-electron chi connectivity index (χ3n) is 5.84. The van der Waals surface area contributed by atoms with Crippen molar-refractivity contribution in [2.24, 2.45) is 5.92 Å². The van der Waals surface area contributed by atoms with Crippen molar-refractivity contribution in [1.82, 2.24) is 9.47 Å². The molecule has 2 aliphatic heterocycles. The first-order chi connectivity index (χ1) is 13.9. The third kappa shape index (κ3) is 3.96. The van der Waals surface area contributed by atoms with Gasteiger partial charge in [-0.3, -0.25) is 14.4 Å². The van der Waals surface area contributed by atoms with Crippen LogP contribution in [0, 0.1) is 12.8 Å². The van der Waals surface area contributed by atoms with Crippen molar-refractivity contribution in [3.8, 4) is 11.1 Å². The van der Waals surface area contributed by atoms with Gasteiger partial charge in [-0.15, -0.1) is 11.8 Å². The Kier molecular flexibility index (Phi) is 5.50. The SMILES string of the molecule is Cc1ccccc1-c1ccc2n(c1=O)CC1CC2CN(C(=O)CSCC(=O)O)C1. The minimum Gasteiger partial charge on any atom is -0.481 e. The maximum Gasteiger partial charge on any atom is 0.313 e. The molecule has 2 atom stereocenters. The molecule has 0 spiro atoms. The first kappa shape index (κ1) is 19.8. The molecule has 1 aromatic heterocycles. The van der Waals surface area contributed by atoms with Crippen molar-refractivity contribution in [1.29, 1.82) is 0 Å². The van der Waals surface area contributed by atoms with Gasteiger partial charge in [0.25, 0.3) is 5.56 Å². The van der Waals surface area contributed by atoms with Gasteiger partial charge in [0.15, 0.2) is 0 Å². The Morgan fingerprint density at radius 3 is 2.62 bits per heavy atom. The number of thioether (sulfide) groups is 1. The van der Waals surface area contributed by atoms with Crippen molar-refractivity contribution in [3.05, 3.63) is 58.0 Å². The number of carboxylic acids is 1. The highest BCUT2D eigenvalue weighted by atomic mass is 32.2. The van der Waals surface area contributed by atoms with Gasteiger partial charge < -0.3 is 14.6 Å². The highest BCUT2D eigenvalue weighted by Crippen LogP contribution is 2.36. The largest absolute Gasteiger partial charge is 0.481 e. The van der Waals surface area contributed by atoms with Gasteiger partial charge in [-0.1, -0.05) is 24.3 Å². The average Bonchev–Trinajstić information content (AvgIpc) is 2.69. The summed E-state index contributed by atoms with van der Waals surface area (Å²) in [5, 5.41) is 8.75. The van der Waals surface area contributed by atoms with Crippen LogP contribution >= 0.6 is 11.8 Å². The number of rotatable bonds is 5. The Bertz CT molecular complexity index is 1020. The van der Waals surface area contributed by atoms with E-state index in [1.807, 2.05) is 52.8 Å². The molecular weight excluding hydrogens is 388 g/mol. The molecular formula is C22H24N2O4S. The summed E-state index contributed by atoms with van der Waals surface area (Å²) in [7, 11) is 0. The van der Waals surface area contributed by atoms with E-state index >= 15 is 0 Å². The number of carboxylic acid groups (broad SMARTS) is 1. The Hall–Kier alpha value is -2.54. The van der Waals surface area contributed by atoms with Crippen LogP contribution in [0.25, 0.3) is 11.1 Å². The molecule has 2 bridgehead atoms. The molecule has 1 N–H and O–H groups in total. The zero-order valence-electron chi connectivity index (χ0n) is 16.3. The van der Waals surface area contributed by atoms with Gasteiger partial charge >= 0.3 is 5.97 Å². The number of fused-ring (bicyclic) bond motifs is 4. The van der Waals surface area contributed by atoms with Crippen LogP contribution in [-0.2, 0) is 16.1 Å². The number of hydrogen-bond donors (Lipinski definition) is 1. The molecule has 2 unspecified atom stereocenters. The number of piperidine rings is 1. The minimum absolute atomic E-state index is 0.0155. The van der Waals surface area contributed by atoms with Gasteiger partial charge in [-0.2, -0.15) is 0 Å². The molecule has 29 heavy (non-hydrogen) atoms. The molecule has 0 saturated carbocycles. The maximum atomic E-state index is 13.2. The van der Waals surface area contributed by atoms with E-state index in [4.69, 9.17) is 5.11 Å². The Balaban J connectivity index is 1.57. The summed E-state index contributed by atoms with van der Waals surface area (Å²) in [6.07, 6.45) is 0.981. The van der Waals surface area contributed by atoms with Gasteiger partial charge in [0.1, 0.15) is 0 Å². The van der Waals surface area contributed by atoms with E-state index in [0.717, 1.165) is 40.6 Å². The number of aromatic nitrogens is 1. The number of nitrogens with zero attached hydrogens (tertiary/aromatic N) is 2. The molecule has 1 fully saturated rings. The number of benzene rings is 1. The lowest BCUT2D eigenvalue weighted by Gasteiger charge is -2.43. The lowest BCUT2D eigenvalue weighted by Crippen LogP contribution is -2.49. The number of aryl methyl sites for hydroxylation is 1. The van der Waals surface area contributed by atoms with Gasteiger partial charge in [0.05, 0.1) is 11.5 Å². The van der Waals surface area contributed by atoms with E-state index in [1.165, 1.54) is 0 Å². The average molecular weight is 413 g/mol. The number of carbonyl (C=O) groups excluding carboxylic acids is 1. The van der Waals surface area contributed by atoms with E-state index in [9.17, 15) is 14.4 Å². The number of carbonyl (C=O) groups is 2. The van der Waals surface area contributed by atoms with Crippen molar-refractivity contribution >= 4 is 23.6 Å². The second-order valence-corrected chi connectivity index (χ2v) is 8.87. The number of likely N-dealkylation sites (tertiary alicyclic amines) is 1. The fourth-order valence-electron chi connectivity index (χ4n) is 4.55. The predicted octanol–water partition coefficient (Wildman–Crippen LogP) is 2.59. The molecule has 3 heterocycles. The fourth-order valence-corrected chi connectivity index (χ4v) is 5.18. The molecule has 4 rings (SSSR count). The number of amides is 1. The second-order valence-electron chi connectivity index (χ2n) is 7.89. The topological polar surface area (TPSA) is 79.6 Å². The smallest absolute Gasteiger partial charge is 0.313 e. The number of pyridine rings is 1. The zero-order chi connectivity index (χ0) is 20.5. The Morgan fingerprint density at radius 2 is 1.86 bits per heavy atom. The maximum absolute atomic E-state index is 13.2. The van der Waals surface area contributed by atoms with E-state index in [-0.39, 0.29) is 34.8 Å². The van der Waals surface area contributed by atoms with Gasteiger partial charge in [-0.05, 0) is 42.5 Å². The summed E-state index contributed by atoms with van der Waals surface area (Å²) in [5.74, 6) is -0.403. The summed E-state index contributed by atoms with van der Waals surface area (Å²) < 4.78 is 1.90. The van der Waals surface area contributed by atoms with Crippen molar-refractivity contribution in [3.63, 3.8) is 0 Å². The van der Waals surface area contributed by atoms with Crippen LogP contribution in [0.1, 0.15) is 23.6 Å². The van der Waals surface area contributed by atoms with Crippen LogP contribution in [0.15, 0.2) is 41.2 Å². The minimum atomic E-state index is -0.906. The molecule has 0 aliphatic carbocycles. The van der Waals surface area contributed by atoms with Crippen molar-refractivity contribution in [2.45, 2.75) is 25.8 Å². The first-order valence-electron chi connectivity index (χ1n) is 9.81. The molecule has 7 heteroatoms. The second kappa shape index (κ2) is 8.06. The van der Waals surface area contributed by atoms with Crippen LogP contribution in [0.4, 0.5) is 0 Å². The molecule has 2 aliphatic rings. The molecule has 1 aromatic carbocycles. The van der Waals surface area contributed by atoms with Gasteiger partial charge in [0.2, 0.25) is 5.91 Å². The molecule has 1 amide bonds. The van der Waals surface area contributed by atoms with Crippen LogP contribution < -0.4 is 5.56 Å². The van der Waals surface area contributed by atoms with Crippen LogP contribution in [0.5, 0.6) is 0 Å². The van der Waals surface area contributed by atoms with E-state index in [1.54, 1.807) is 0 Å². The lowest BCUT2D eigenvalue weighted by molar-refractivity contribution is -0.133. The van der Waals surface area contributed by atoms with Crippen LogP contribution in [-0.4, -0.2) is 51.0 Å². The molecule has 152 valence electrons. The Morgan fingerprint density at radius 1 is 1.07 bits per heavy atom. The molecule has 1 saturated heterocycles. The van der Waals surface area contributed by atoms with Crippen molar-refractivity contribution < 1.29 is 14.7 Å². The molecule has 2 aromatic rings. The van der Waals surface area contributed by atoms with E-state index < -0.39 is 5.97 Å². The summed E-state index contributed by atoms with van der Waals surface area (Å²) in [6.45, 7) is 3.85. The summed E-state index contributed by atoms with van der Waals surface area (Å²) in [5.41, 5.74) is 3.82. The number of hydrogen-bond acceptors (Lipinski definition) is 4. The van der Waals surface area contributed by atoms with E-state index in [2.05, 4.69) is 0 Å². The zero-order valence-corrected chi connectivity index (χ0v) is 17.2. The summed E-state index contributed by atoms with van der Waals surface area (Å²) in [4.78, 5) is 38.3. The highest BCUT2D eigenvalue weighted by molar-refractivity contribution is 8.00. The van der Waals surface area contributed by atoms with Gasteiger partial charge in [0, 0.05) is 36.8 Å². The Labute approximate surface area is 173 Å². The third-order valence-corrected chi connectivity index (χ3v) is 6.75. The van der Waals surface area contributed by atoms with Gasteiger partial charge in [-0.25, -0.2) is 0 Å². The van der Waals surface area contributed by atoms with Crippen LogP contribution in [0.2, 0.25) is 0 Å². The van der Waals surface area contributed by atoms with Crippen molar-refractivity contribution in [2.75, 3.05) is 24.6 Å². The normalized spacial score (nSPS) is 20.2. The van der Waals surface area contributed by atoms with Crippen LogP contribution in [0.3, 0.4) is 0 Å². The number of aliphatic carboxylic acids is 1. The summed E-state index contributed by atoms with van der Waals surface area (Å²) in [6, 6.07) is 11.9. The molecule has 0 radical (unpaired) electrons. The summed E-state index contributed by atoms with van der Waals surface area (Å²) >= 11 is 1.13. The monoisotopic (exact) mass is 412 g/mol. The standard InChI is InChI=1S/C22H24N2O4S/c1-14-4-2-3-5-17(14)18-6-7-19-16-8-15(10-24(19)22(18)28)9-23(11-16)20(25)12-29-13-21(26)27/h2-7,15-16H,8-13H2,1H3,(H,26,27). The predicted molar refractivity (Wildman–Crippen MR) is 113 cm³/mol. The lowest BCUT2D eigenvalue weighted by atomic mass is 9.82.